The van der Waals surface area contributed by atoms with Gasteiger partial charge in [0.05, 0.1) is 17.1 Å². The second-order valence-corrected chi connectivity index (χ2v) is 10.8. The lowest BCUT2D eigenvalue weighted by atomic mass is 10.1. The average molecular weight is 553 g/mol. The fraction of sp³-hybridized carbons (Fsp3) is 0.148. The van der Waals surface area contributed by atoms with E-state index in [2.05, 4.69) is 21.2 Å². The van der Waals surface area contributed by atoms with Crippen molar-refractivity contribution in [3.05, 3.63) is 101 Å². The zero-order valence-electron chi connectivity index (χ0n) is 19.1. The van der Waals surface area contributed by atoms with Crippen LogP contribution in [0.25, 0.3) is 10.8 Å². The molecule has 0 fully saturated rings. The van der Waals surface area contributed by atoms with Crippen molar-refractivity contribution in [1.82, 2.24) is 5.32 Å². The summed E-state index contributed by atoms with van der Waals surface area (Å²) in [7, 11) is -3.96. The Kier molecular flexibility index (Phi) is 7.73. The number of ether oxygens (including phenoxy) is 1. The molecule has 0 aliphatic rings. The van der Waals surface area contributed by atoms with Crippen LogP contribution in [0.2, 0.25) is 0 Å². The summed E-state index contributed by atoms with van der Waals surface area (Å²) in [5.41, 5.74) is 1.34. The number of anilines is 1. The minimum atomic E-state index is -3.96. The van der Waals surface area contributed by atoms with Gasteiger partial charge in [0.15, 0.2) is 0 Å². The smallest absolute Gasteiger partial charge is 0.264 e. The van der Waals surface area contributed by atoms with Crippen LogP contribution >= 0.6 is 15.9 Å². The molecule has 4 aromatic carbocycles. The van der Waals surface area contributed by atoms with Gasteiger partial charge in [0.2, 0.25) is 5.91 Å². The summed E-state index contributed by atoms with van der Waals surface area (Å²) in [5.74, 6) is 0.276. The Morgan fingerprint density at radius 3 is 2.40 bits per heavy atom. The van der Waals surface area contributed by atoms with E-state index in [1.54, 1.807) is 48.5 Å². The molecule has 0 unspecified atom stereocenters. The topological polar surface area (TPSA) is 75.7 Å². The second kappa shape index (κ2) is 10.9. The van der Waals surface area contributed by atoms with Gasteiger partial charge >= 0.3 is 0 Å². The van der Waals surface area contributed by atoms with E-state index in [9.17, 15) is 13.2 Å². The van der Waals surface area contributed by atoms with Gasteiger partial charge in [-0.3, -0.25) is 9.10 Å². The Labute approximate surface area is 213 Å². The molecule has 180 valence electrons. The first kappa shape index (κ1) is 24.8. The highest BCUT2D eigenvalue weighted by Crippen LogP contribution is 2.26. The van der Waals surface area contributed by atoms with Crippen LogP contribution < -0.4 is 14.4 Å². The molecule has 0 aliphatic carbocycles. The molecule has 0 heterocycles. The van der Waals surface area contributed by atoms with E-state index in [4.69, 9.17) is 4.74 Å². The lowest BCUT2D eigenvalue weighted by Gasteiger charge is -2.24. The van der Waals surface area contributed by atoms with E-state index >= 15 is 0 Å². The van der Waals surface area contributed by atoms with Crippen molar-refractivity contribution in [3.8, 4) is 5.75 Å². The van der Waals surface area contributed by atoms with E-state index < -0.39 is 15.9 Å². The number of rotatable bonds is 9. The van der Waals surface area contributed by atoms with Crippen LogP contribution in [-0.2, 0) is 14.8 Å². The lowest BCUT2D eigenvalue weighted by molar-refractivity contribution is -0.119. The first-order chi connectivity index (χ1) is 16.8. The Morgan fingerprint density at radius 1 is 0.914 bits per heavy atom. The van der Waals surface area contributed by atoms with Crippen LogP contribution in [0.3, 0.4) is 0 Å². The number of nitrogens with one attached hydrogen (secondary N) is 1. The van der Waals surface area contributed by atoms with E-state index in [0.717, 1.165) is 20.6 Å². The van der Waals surface area contributed by atoms with Gasteiger partial charge in [-0.15, -0.1) is 0 Å². The number of fused-ring (bicyclic) bond motifs is 1. The molecule has 4 rings (SSSR count). The molecule has 4 aromatic rings. The molecule has 0 atom stereocenters. The Hall–Kier alpha value is -3.36. The predicted octanol–water partition coefficient (Wildman–Crippen LogP) is 5.30. The van der Waals surface area contributed by atoms with E-state index in [-0.39, 0.29) is 24.6 Å². The summed E-state index contributed by atoms with van der Waals surface area (Å²) >= 11 is 3.38. The summed E-state index contributed by atoms with van der Waals surface area (Å²) in [6.07, 6.45) is 0. The van der Waals surface area contributed by atoms with E-state index in [0.29, 0.717) is 15.9 Å². The first-order valence-electron chi connectivity index (χ1n) is 11.1. The number of carbonyl (C=O) groups is 1. The number of benzene rings is 4. The zero-order valence-corrected chi connectivity index (χ0v) is 21.6. The van der Waals surface area contributed by atoms with Crippen molar-refractivity contribution in [2.75, 3.05) is 24.0 Å². The summed E-state index contributed by atoms with van der Waals surface area (Å²) in [6, 6.07) is 27.2. The van der Waals surface area contributed by atoms with Crippen molar-refractivity contribution in [1.29, 1.82) is 0 Å². The van der Waals surface area contributed by atoms with Crippen molar-refractivity contribution in [2.24, 2.45) is 0 Å². The number of hydrogen-bond acceptors (Lipinski definition) is 4. The number of sulfonamides is 1. The first-order valence-corrected chi connectivity index (χ1v) is 13.3. The van der Waals surface area contributed by atoms with Gasteiger partial charge in [-0.25, -0.2) is 8.42 Å². The quantitative estimate of drug-likeness (QED) is 0.286. The average Bonchev–Trinajstić information content (AvgIpc) is 2.85. The molecule has 1 N–H and O–H groups in total. The maximum absolute atomic E-state index is 13.4. The van der Waals surface area contributed by atoms with Crippen LogP contribution in [0.5, 0.6) is 5.75 Å². The second-order valence-electron chi connectivity index (χ2n) is 8.01. The van der Waals surface area contributed by atoms with E-state index in [1.165, 1.54) is 0 Å². The van der Waals surface area contributed by atoms with Gasteiger partial charge in [-0.1, -0.05) is 70.0 Å². The number of hydrogen-bond donors (Lipinski definition) is 1. The summed E-state index contributed by atoms with van der Waals surface area (Å²) in [5, 5.41) is 4.95. The minimum Gasteiger partial charge on any atom is -0.492 e. The third-order valence-electron chi connectivity index (χ3n) is 5.41. The monoisotopic (exact) mass is 552 g/mol. The molecular formula is C27H25BrN2O4S. The molecule has 0 spiro atoms. The SMILES string of the molecule is Cc1ccc(S(=O)(=O)N(CC(=O)NCCOc2ccc3ccccc3c2)c2cccc(Br)c2)cc1. The number of halogens is 1. The summed E-state index contributed by atoms with van der Waals surface area (Å²) < 4.78 is 34.4. The van der Waals surface area contributed by atoms with Gasteiger partial charge in [0.1, 0.15) is 18.9 Å². The van der Waals surface area contributed by atoms with Gasteiger partial charge < -0.3 is 10.1 Å². The third kappa shape index (κ3) is 6.21. The molecule has 0 aliphatic heterocycles. The van der Waals surface area contributed by atoms with E-state index in [1.807, 2.05) is 49.4 Å². The van der Waals surface area contributed by atoms with Gasteiger partial charge in [-0.2, -0.15) is 0 Å². The van der Waals surface area contributed by atoms with Crippen molar-refractivity contribution >= 4 is 48.3 Å². The maximum atomic E-state index is 13.4. The molecule has 0 radical (unpaired) electrons. The fourth-order valence-electron chi connectivity index (χ4n) is 3.59. The molecular weight excluding hydrogens is 528 g/mol. The number of carbonyl (C=O) groups excluding carboxylic acids is 1. The fourth-order valence-corrected chi connectivity index (χ4v) is 5.39. The molecule has 0 aromatic heterocycles. The highest BCUT2D eigenvalue weighted by molar-refractivity contribution is 9.10. The summed E-state index contributed by atoms with van der Waals surface area (Å²) in [4.78, 5) is 12.9. The number of aryl methyl sites for hydroxylation is 1. The molecule has 1 amide bonds. The number of nitrogens with zero attached hydrogens (tertiary/aromatic N) is 1. The summed E-state index contributed by atoms with van der Waals surface area (Å²) in [6.45, 7) is 2.02. The molecule has 6 nitrogen and oxygen atoms in total. The Morgan fingerprint density at radius 2 is 1.66 bits per heavy atom. The third-order valence-corrected chi connectivity index (χ3v) is 7.69. The molecule has 35 heavy (non-hydrogen) atoms. The van der Waals surface area contributed by atoms with Gasteiger partial charge in [-0.05, 0) is 60.2 Å². The Balaban J connectivity index is 1.42. The largest absolute Gasteiger partial charge is 0.492 e. The van der Waals surface area contributed by atoms with Crippen molar-refractivity contribution in [2.45, 2.75) is 11.8 Å². The highest BCUT2D eigenvalue weighted by Gasteiger charge is 2.27. The van der Waals surface area contributed by atoms with Crippen LogP contribution in [-0.4, -0.2) is 34.0 Å². The molecule has 0 bridgehead atoms. The van der Waals surface area contributed by atoms with Gasteiger partial charge in [0, 0.05) is 4.47 Å². The zero-order chi connectivity index (χ0) is 24.8. The standard InChI is InChI=1S/C27H25BrN2O4S/c1-20-9-13-26(14-10-20)35(32,33)30(24-8-4-7-23(28)18-24)19-27(31)29-15-16-34-25-12-11-21-5-2-3-6-22(21)17-25/h2-14,17-18H,15-16,19H2,1H3,(H,29,31). The van der Waals surface area contributed by atoms with Crippen LogP contribution in [0.1, 0.15) is 5.56 Å². The number of amides is 1. The molecule has 0 saturated heterocycles. The predicted molar refractivity (Wildman–Crippen MR) is 142 cm³/mol. The Bertz CT molecular complexity index is 1440. The van der Waals surface area contributed by atoms with Crippen molar-refractivity contribution in [3.63, 3.8) is 0 Å². The van der Waals surface area contributed by atoms with Crippen LogP contribution in [0, 0.1) is 6.92 Å². The highest BCUT2D eigenvalue weighted by atomic mass is 79.9. The normalized spacial score (nSPS) is 11.3. The van der Waals surface area contributed by atoms with Crippen LogP contribution in [0.15, 0.2) is 100 Å². The van der Waals surface area contributed by atoms with Crippen molar-refractivity contribution < 1.29 is 17.9 Å². The van der Waals surface area contributed by atoms with Crippen LogP contribution in [0.4, 0.5) is 5.69 Å². The molecule has 8 heteroatoms. The van der Waals surface area contributed by atoms with Gasteiger partial charge in [0.25, 0.3) is 10.0 Å². The molecule has 0 saturated carbocycles. The lowest BCUT2D eigenvalue weighted by Crippen LogP contribution is -2.41. The minimum absolute atomic E-state index is 0.121. The maximum Gasteiger partial charge on any atom is 0.264 e.